The number of carbonyl (C=O) groups excluding carboxylic acids is 1. The summed E-state index contributed by atoms with van der Waals surface area (Å²) in [6.07, 6.45) is -0.0656. The van der Waals surface area contributed by atoms with E-state index in [9.17, 15) is 4.79 Å². The van der Waals surface area contributed by atoms with Gasteiger partial charge in [0.1, 0.15) is 11.5 Å². The first-order chi connectivity index (χ1) is 13.6. The second-order valence-corrected chi connectivity index (χ2v) is 7.12. The van der Waals surface area contributed by atoms with Crippen molar-refractivity contribution in [3.05, 3.63) is 94.5 Å². The predicted molar refractivity (Wildman–Crippen MR) is 109 cm³/mol. The molecule has 5 heteroatoms. The molecule has 1 aliphatic rings. The molecule has 0 radical (unpaired) electrons. The molecule has 0 aromatic heterocycles. The summed E-state index contributed by atoms with van der Waals surface area (Å²) in [6, 6.07) is 22.7. The van der Waals surface area contributed by atoms with Gasteiger partial charge in [-0.2, -0.15) is 0 Å². The van der Waals surface area contributed by atoms with Crippen LogP contribution in [0.15, 0.2) is 72.8 Å². The molecule has 2 atom stereocenters. The molecule has 1 heterocycles. The zero-order chi connectivity index (χ0) is 19.5. The maximum absolute atomic E-state index is 13.0. The normalized spacial score (nSPS) is 16.0. The van der Waals surface area contributed by atoms with E-state index in [2.05, 4.69) is 5.32 Å². The molecule has 0 saturated carbocycles. The Bertz CT molecular complexity index is 973. The van der Waals surface area contributed by atoms with E-state index in [1.54, 1.807) is 13.2 Å². The summed E-state index contributed by atoms with van der Waals surface area (Å²) in [5.74, 6) is 1.33. The van der Waals surface area contributed by atoms with Gasteiger partial charge in [0.05, 0.1) is 13.2 Å². The molecule has 3 aromatic carbocycles. The highest BCUT2D eigenvalue weighted by Crippen LogP contribution is 2.32. The van der Waals surface area contributed by atoms with E-state index in [0.717, 1.165) is 22.4 Å². The molecule has 142 valence electrons. The van der Waals surface area contributed by atoms with E-state index in [1.807, 2.05) is 66.7 Å². The van der Waals surface area contributed by atoms with Crippen LogP contribution in [0.3, 0.4) is 0 Å². The van der Waals surface area contributed by atoms with E-state index in [-0.39, 0.29) is 11.9 Å². The molecule has 1 N–H and O–H groups in total. The average molecular weight is 394 g/mol. The van der Waals surface area contributed by atoms with Crippen LogP contribution in [0.1, 0.15) is 22.7 Å². The fourth-order valence-electron chi connectivity index (χ4n) is 3.40. The molecule has 0 fully saturated rings. The molecule has 1 amide bonds. The van der Waals surface area contributed by atoms with Crippen LogP contribution in [0, 0.1) is 0 Å². The molecule has 0 saturated heterocycles. The Morgan fingerprint density at radius 2 is 1.79 bits per heavy atom. The average Bonchev–Trinajstić information content (AvgIpc) is 3.16. The molecule has 0 spiro atoms. The quantitative estimate of drug-likeness (QED) is 0.691. The van der Waals surface area contributed by atoms with Gasteiger partial charge in [-0.05, 0) is 47.0 Å². The van der Waals surface area contributed by atoms with Gasteiger partial charge in [0, 0.05) is 11.4 Å². The Morgan fingerprint density at radius 1 is 1.07 bits per heavy atom. The Labute approximate surface area is 169 Å². The van der Waals surface area contributed by atoms with Crippen LogP contribution in [0.4, 0.5) is 0 Å². The van der Waals surface area contributed by atoms with Crippen molar-refractivity contribution < 1.29 is 14.3 Å². The third-order valence-corrected chi connectivity index (χ3v) is 5.09. The summed E-state index contributed by atoms with van der Waals surface area (Å²) in [4.78, 5) is 13.0. The highest BCUT2D eigenvalue weighted by Gasteiger charge is 2.31. The van der Waals surface area contributed by atoms with Gasteiger partial charge >= 0.3 is 0 Å². The van der Waals surface area contributed by atoms with Gasteiger partial charge in [-0.3, -0.25) is 4.79 Å². The van der Waals surface area contributed by atoms with Crippen molar-refractivity contribution in [1.29, 1.82) is 0 Å². The number of benzene rings is 3. The Morgan fingerprint density at radius 3 is 2.50 bits per heavy atom. The summed E-state index contributed by atoms with van der Waals surface area (Å²) < 4.78 is 11.1. The summed E-state index contributed by atoms with van der Waals surface area (Å²) >= 11 is 6.05. The molecule has 4 nitrogen and oxygen atoms in total. The lowest BCUT2D eigenvalue weighted by atomic mass is 9.98. The minimum Gasteiger partial charge on any atom is -0.497 e. The van der Waals surface area contributed by atoms with E-state index in [1.165, 1.54) is 0 Å². The number of carbonyl (C=O) groups is 1. The van der Waals surface area contributed by atoms with Crippen molar-refractivity contribution in [3.8, 4) is 11.5 Å². The molecule has 4 rings (SSSR count). The van der Waals surface area contributed by atoms with Crippen molar-refractivity contribution in [2.75, 3.05) is 7.11 Å². The first-order valence-corrected chi connectivity index (χ1v) is 9.46. The molecule has 1 aliphatic heterocycles. The van der Waals surface area contributed by atoms with Crippen molar-refractivity contribution >= 4 is 17.5 Å². The first-order valence-electron chi connectivity index (χ1n) is 9.08. The number of hydrogen-bond acceptors (Lipinski definition) is 3. The fourth-order valence-corrected chi connectivity index (χ4v) is 3.59. The lowest BCUT2D eigenvalue weighted by Crippen LogP contribution is -2.40. The number of fused-ring (bicyclic) bond motifs is 1. The zero-order valence-corrected chi connectivity index (χ0v) is 16.1. The number of hydrogen-bond donors (Lipinski definition) is 1. The second kappa shape index (κ2) is 7.95. The van der Waals surface area contributed by atoms with E-state index >= 15 is 0 Å². The van der Waals surface area contributed by atoms with Gasteiger partial charge in [-0.15, -0.1) is 0 Å². The summed E-state index contributed by atoms with van der Waals surface area (Å²) in [5.41, 5.74) is 2.92. The summed E-state index contributed by atoms with van der Waals surface area (Å²) in [6.45, 7) is 0. The second-order valence-electron chi connectivity index (χ2n) is 6.69. The third kappa shape index (κ3) is 3.82. The predicted octanol–water partition coefficient (Wildman–Crippen LogP) is 4.56. The van der Waals surface area contributed by atoms with Gasteiger partial charge in [0.2, 0.25) is 0 Å². The lowest BCUT2D eigenvalue weighted by molar-refractivity contribution is -0.127. The largest absolute Gasteiger partial charge is 0.497 e. The van der Waals surface area contributed by atoms with Crippen LogP contribution < -0.4 is 14.8 Å². The first kappa shape index (κ1) is 18.4. The number of nitrogens with one attached hydrogen (secondary N) is 1. The minimum absolute atomic E-state index is 0.156. The van der Waals surface area contributed by atoms with E-state index in [4.69, 9.17) is 21.1 Å². The van der Waals surface area contributed by atoms with Gasteiger partial charge in [0.25, 0.3) is 5.91 Å². The van der Waals surface area contributed by atoms with Gasteiger partial charge < -0.3 is 14.8 Å². The van der Waals surface area contributed by atoms with Crippen LogP contribution in [-0.4, -0.2) is 19.1 Å². The van der Waals surface area contributed by atoms with Crippen molar-refractivity contribution in [3.63, 3.8) is 0 Å². The monoisotopic (exact) mass is 393 g/mol. The zero-order valence-electron chi connectivity index (χ0n) is 15.4. The number of amides is 1. The fraction of sp³-hybridized carbons (Fsp3) is 0.174. The van der Waals surface area contributed by atoms with Gasteiger partial charge in [0.15, 0.2) is 6.10 Å². The van der Waals surface area contributed by atoms with Crippen molar-refractivity contribution in [2.24, 2.45) is 0 Å². The van der Waals surface area contributed by atoms with Crippen molar-refractivity contribution in [2.45, 2.75) is 18.6 Å². The van der Waals surface area contributed by atoms with Crippen LogP contribution in [0.5, 0.6) is 11.5 Å². The highest BCUT2D eigenvalue weighted by molar-refractivity contribution is 6.30. The molecule has 28 heavy (non-hydrogen) atoms. The summed E-state index contributed by atoms with van der Waals surface area (Å²) in [7, 11) is 1.63. The molecule has 0 bridgehead atoms. The lowest BCUT2D eigenvalue weighted by Gasteiger charge is -2.22. The van der Waals surface area contributed by atoms with E-state index < -0.39 is 6.10 Å². The standard InChI is InChI=1S/C23H20ClNO3/c1-27-19-10-7-16(8-11-19)22(15-5-3-2-4-6-15)25-23(26)21-14-17-13-18(24)9-12-20(17)28-21/h2-13,21-22H,14H2,1H3,(H,25,26). The van der Waals surface area contributed by atoms with Gasteiger partial charge in [-0.1, -0.05) is 54.1 Å². The summed E-state index contributed by atoms with van der Waals surface area (Å²) in [5, 5.41) is 3.78. The maximum Gasteiger partial charge on any atom is 0.262 e. The van der Waals surface area contributed by atoms with Crippen molar-refractivity contribution in [1.82, 2.24) is 5.32 Å². The molecular weight excluding hydrogens is 374 g/mol. The smallest absolute Gasteiger partial charge is 0.262 e. The topological polar surface area (TPSA) is 47.6 Å². The number of ether oxygens (including phenoxy) is 2. The molecule has 0 aliphatic carbocycles. The maximum atomic E-state index is 13.0. The Balaban J connectivity index is 1.56. The number of methoxy groups -OCH3 is 1. The van der Waals surface area contributed by atoms with Crippen LogP contribution in [0.25, 0.3) is 0 Å². The van der Waals surface area contributed by atoms with Crippen LogP contribution >= 0.6 is 11.6 Å². The van der Waals surface area contributed by atoms with Gasteiger partial charge in [-0.25, -0.2) is 0 Å². The highest BCUT2D eigenvalue weighted by atomic mass is 35.5. The molecule has 2 unspecified atom stereocenters. The number of halogens is 1. The Hall–Kier alpha value is -2.98. The van der Waals surface area contributed by atoms with Crippen LogP contribution in [0.2, 0.25) is 5.02 Å². The van der Waals surface area contributed by atoms with E-state index in [0.29, 0.717) is 17.2 Å². The minimum atomic E-state index is -0.571. The Kier molecular flexibility index (Phi) is 5.22. The SMILES string of the molecule is COc1ccc(C(NC(=O)C2Cc3cc(Cl)ccc3O2)c2ccccc2)cc1. The third-order valence-electron chi connectivity index (χ3n) is 4.86. The van der Waals surface area contributed by atoms with Crippen LogP contribution in [-0.2, 0) is 11.2 Å². The number of rotatable bonds is 5. The molecular formula is C23H20ClNO3. The molecule has 3 aromatic rings.